The number of ether oxygens (including phenoxy) is 3. The number of tetrazole rings is 1. The highest BCUT2D eigenvalue weighted by atomic mass is 16.7. The number of nitrogens with zero attached hydrogens (tertiary/aromatic N) is 4. The zero-order valence-corrected chi connectivity index (χ0v) is 14.6. The lowest BCUT2D eigenvalue weighted by molar-refractivity contribution is -0.144. The van der Waals surface area contributed by atoms with Gasteiger partial charge in [0, 0.05) is 11.1 Å². The fraction of sp³-hybridized carbons (Fsp3) is 0.529. The zero-order chi connectivity index (χ0) is 17.8. The maximum absolute atomic E-state index is 11.7. The van der Waals surface area contributed by atoms with Crippen LogP contribution in [-0.4, -0.2) is 44.0 Å². The number of aromatic nitrogens is 4. The number of fused-ring (bicyclic) bond motifs is 3. The van der Waals surface area contributed by atoms with E-state index in [2.05, 4.69) is 22.4 Å². The lowest BCUT2D eigenvalue weighted by Gasteiger charge is -2.35. The first-order valence-corrected chi connectivity index (χ1v) is 8.28. The number of rotatable bonds is 4. The number of carbonyl (C=O) groups excluding carboxylic acids is 1. The Labute approximate surface area is 145 Å². The maximum atomic E-state index is 11.7. The van der Waals surface area contributed by atoms with Crippen molar-refractivity contribution < 1.29 is 19.0 Å². The molecule has 3 heterocycles. The van der Waals surface area contributed by atoms with Crippen LogP contribution in [0.2, 0.25) is 0 Å². The van der Waals surface area contributed by atoms with Crippen LogP contribution < -0.4 is 4.74 Å². The second kappa shape index (κ2) is 5.26. The van der Waals surface area contributed by atoms with E-state index in [9.17, 15) is 4.79 Å². The minimum atomic E-state index is -0.391. The van der Waals surface area contributed by atoms with Crippen LogP contribution in [0.3, 0.4) is 0 Å². The third-order valence-electron chi connectivity index (χ3n) is 5.03. The molecule has 0 N–H and O–H groups in total. The van der Waals surface area contributed by atoms with Crippen molar-refractivity contribution in [3.63, 3.8) is 0 Å². The Morgan fingerprint density at radius 2 is 2.16 bits per heavy atom. The Kier molecular flexibility index (Phi) is 3.37. The first-order valence-electron chi connectivity index (χ1n) is 8.28. The number of carbonyl (C=O) groups is 1. The largest absolute Gasteiger partial charge is 0.484 e. The number of hydrogen-bond donors (Lipinski definition) is 0. The Morgan fingerprint density at radius 1 is 1.36 bits per heavy atom. The second-order valence-corrected chi connectivity index (χ2v) is 6.94. The maximum Gasteiger partial charge on any atom is 0.327 e. The molecule has 1 saturated heterocycles. The third-order valence-corrected chi connectivity index (χ3v) is 5.03. The van der Waals surface area contributed by atoms with E-state index in [1.807, 2.05) is 32.0 Å². The van der Waals surface area contributed by atoms with Crippen molar-refractivity contribution >= 4 is 5.97 Å². The predicted octanol–water partition coefficient (Wildman–Crippen LogP) is 1.90. The number of epoxide rings is 1. The van der Waals surface area contributed by atoms with Gasteiger partial charge >= 0.3 is 5.97 Å². The zero-order valence-electron chi connectivity index (χ0n) is 14.6. The Morgan fingerprint density at radius 3 is 2.92 bits per heavy atom. The van der Waals surface area contributed by atoms with Crippen LogP contribution in [0.4, 0.5) is 0 Å². The highest BCUT2D eigenvalue weighted by Gasteiger charge is 2.67. The first-order chi connectivity index (χ1) is 11.9. The van der Waals surface area contributed by atoms with Crippen LogP contribution in [0, 0.1) is 0 Å². The lowest BCUT2D eigenvalue weighted by Crippen LogP contribution is -2.45. The molecule has 0 saturated carbocycles. The molecule has 2 atom stereocenters. The van der Waals surface area contributed by atoms with E-state index in [-0.39, 0.29) is 24.2 Å². The van der Waals surface area contributed by atoms with Gasteiger partial charge in [0.25, 0.3) is 0 Å². The molecule has 132 valence electrons. The van der Waals surface area contributed by atoms with Crippen LogP contribution in [0.15, 0.2) is 18.2 Å². The highest BCUT2D eigenvalue weighted by Crippen LogP contribution is 2.62. The second-order valence-electron chi connectivity index (χ2n) is 6.94. The fourth-order valence-corrected chi connectivity index (χ4v) is 3.24. The molecule has 25 heavy (non-hydrogen) atoms. The van der Waals surface area contributed by atoms with Gasteiger partial charge in [-0.1, -0.05) is 0 Å². The summed E-state index contributed by atoms with van der Waals surface area (Å²) in [6.45, 7) is 8.16. The van der Waals surface area contributed by atoms with Gasteiger partial charge < -0.3 is 14.2 Å². The molecule has 0 spiro atoms. The molecule has 1 fully saturated rings. The van der Waals surface area contributed by atoms with Gasteiger partial charge in [0.15, 0.2) is 5.82 Å². The van der Waals surface area contributed by atoms with E-state index in [1.165, 1.54) is 4.68 Å². The molecule has 0 unspecified atom stereocenters. The lowest BCUT2D eigenvalue weighted by atomic mass is 9.83. The SMILES string of the molecule is CCOC(=O)Cn1nnnc1-c1ccc2c(c1)[C@@H]1O[C@]1(C)C(C)(C)O2. The van der Waals surface area contributed by atoms with Gasteiger partial charge in [-0.2, -0.15) is 0 Å². The average Bonchev–Trinajstić information content (AvgIpc) is 3.07. The van der Waals surface area contributed by atoms with Crippen LogP contribution in [0.1, 0.15) is 39.4 Å². The smallest absolute Gasteiger partial charge is 0.327 e. The molecule has 2 aliphatic heterocycles. The third kappa shape index (κ3) is 2.39. The van der Waals surface area contributed by atoms with Gasteiger partial charge in [0.1, 0.15) is 29.6 Å². The molecule has 1 aromatic carbocycles. The Balaban J connectivity index is 1.67. The molecule has 2 aliphatic rings. The van der Waals surface area contributed by atoms with Crippen molar-refractivity contribution in [2.24, 2.45) is 0 Å². The van der Waals surface area contributed by atoms with Crippen LogP contribution in [0.5, 0.6) is 5.75 Å². The van der Waals surface area contributed by atoms with Crippen LogP contribution >= 0.6 is 0 Å². The highest BCUT2D eigenvalue weighted by molar-refractivity contribution is 5.70. The summed E-state index contributed by atoms with van der Waals surface area (Å²) in [5, 5.41) is 11.6. The number of benzene rings is 1. The molecule has 1 aromatic heterocycles. The van der Waals surface area contributed by atoms with E-state index < -0.39 is 5.60 Å². The van der Waals surface area contributed by atoms with Crippen LogP contribution in [-0.2, 0) is 20.8 Å². The summed E-state index contributed by atoms with van der Waals surface area (Å²) in [4.78, 5) is 11.7. The molecule has 0 bridgehead atoms. The van der Waals surface area contributed by atoms with Crippen molar-refractivity contribution in [2.75, 3.05) is 6.61 Å². The molecule has 0 aliphatic carbocycles. The standard InChI is InChI=1S/C17H20N4O4/c1-5-23-13(22)9-21-15(18-19-20-21)10-6-7-12-11(8-10)14-17(4,25-14)16(2,3)24-12/h6-8,14H,5,9H2,1-4H3/t14-,17-/m0/s1. The van der Waals surface area contributed by atoms with Gasteiger partial charge in [-0.25, -0.2) is 4.68 Å². The minimum Gasteiger partial charge on any atom is -0.484 e. The van der Waals surface area contributed by atoms with Crippen LogP contribution in [0.25, 0.3) is 11.4 Å². The molecule has 8 heteroatoms. The number of hydrogen-bond acceptors (Lipinski definition) is 7. The summed E-state index contributed by atoms with van der Waals surface area (Å²) in [6, 6.07) is 5.75. The summed E-state index contributed by atoms with van der Waals surface area (Å²) < 4.78 is 18.5. The minimum absolute atomic E-state index is 0.0133. The molecular formula is C17H20N4O4. The first kappa shape index (κ1) is 16.0. The van der Waals surface area contributed by atoms with Gasteiger partial charge in [0.2, 0.25) is 0 Å². The molecular weight excluding hydrogens is 324 g/mol. The van der Waals surface area contributed by atoms with Crippen molar-refractivity contribution in [2.45, 2.75) is 51.5 Å². The van der Waals surface area contributed by atoms with Crippen molar-refractivity contribution in [1.82, 2.24) is 20.2 Å². The molecule has 0 amide bonds. The summed E-state index contributed by atoms with van der Waals surface area (Å²) in [6.07, 6.45) is -0.0133. The number of esters is 1. The van der Waals surface area contributed by atoms with E-state index in [4.69, 9.17) is 14.2 Å². The summed E-state index contributed by atoms with van der Waals surface area (Å²) >= 11 is 0. The normalized spacial score (nSPS) is 25.5. The molecule has 0 radical (unpaired) electrons. The topological polar surface area (TPSA) is 91.7 Å². The predicted molar refractivity (Wildman–Crippen MR) is 86.8 cm³/mol. The van der Waals surface area contributed by atoms with E-state index in [0.717, 1.165) is 16.9 Å². The van der Waals surface area contributed by atoms with Gasteiger partial charge in [-0.15, -0.1) is 5.10 Å². The van der Waals surface area contributed by atoms with E-state index in [1.54, 1.807) is 6.92 Å². The van der Waals surface area contributed by atoms with Gasteiger partial charge in [-0.05, 0) is 56.3 Å². The summed E-state index contributed by atoms with van der Waals surface area (Å²) in [5.74, 6) is 0.929. The Hall–Kier alpha value is -2.48. The summed E-state index contributed by atoms with van der Waals surface area (Å²) in [7, 11) is 0. The quantitative estimate of drug-likeness (QED) is 0.618. The van der Waals surface area contributed by atoms with E-state index >= 15 is 0 Å². The van der Waals surface area contributed by atoms with Crippen molar-refractivity contribution in [3.8, 4) is 17.1 Å². The van der Waals surface area contributed by atoms with E-state index in [0.29, 0.717) is 12.4 Å². The van der Waals surface area contributed by atoms with Gasteiger partial charge in [0.05, 0.1) is 6.61 Å². The molecule has 2 aromatic rings. The molecule has 8 nitrogen and oxygen atoms in total. The monoisotopic (exact) mass is 344 g/mol. The van der Waals surface area contributed by atoms with Gasteiger partial charge in [-0.3, -0.25) is 4.79 Å². The Bertz CT molecular complexity index is 847. The van der Waals surface area contributed by atoms with Crippen molar-refractivity contribution in [1.29, 1.82) is 0 Å². The fourth-order valence-electron chi connectivity index (χ4n) is 3.24. The summed E-state index contributed by atoms with van der Waals surface area (Å²) in [5.41, 5.74) is 1.05. The average molecular weight is 344 g/mol. The molecule has 4 rings (SSSR count). The van der Waals surface area contributed by atoms with Crippen molar-refractivity contribution in [3.05, 3.63) is 23.8 Å².